The number of aliphatic carboxylic acids is 1. The zero-order valence-electron chi connectivity index (χ0n) is 13.8. The number of rotatable bonds is 8. The van der Waals surface area contributed by atoms with Gasteiger partial charge in [0.15, 0.2) is 0 Å². The molecule has 0 aliphatic carbocycles. The number of nitrogens with one attached hydrogen (secondary N) is 1. The van der Waals surface area contributed by atoms with Crippen LogP contribution >= 0.6 is 0 Å². The molecule has 0 fully saturated rings. The van der Waals surface area contributed by atoms with Crippen molar-refractivity contribution in [2.45, 2.75) is 25.5 Å². The molecule has 1 amide bonds. The fraction of sp³-hybridized carbons (Fsp3) is 0.222. The maximum atomic E-state index is 11.9. The van der Waals surface area contributed by atoms with Crippen LogP contribution < -0.4 is 5.32 Å². The summed E-state index contributed by atoms with van der Waals surface area (Å²) < 4.78 is 5.10. The first-order valence-corrected chi connectivity index (χ1v) is 7.86. The Balaban J connectivity index is 1.94. The van der Waals surface area contributed by atoms with Crippen molar-refractivity contribution in [2.75, 3.05) is 0 Å². The molecule has 0 aliphatic heterocycles. The molecule has 2 aromatic carbocycles. The number of carbonyl (C=O) groups is 2. The zero-order chi connectivity index (χ0) is 18.9. The molecule has 8 nitrogen and oxygen atoms in total. The Bertz CT molecular complexity index is 761. The number of carboxylic acids is 1. The topological polar surface area (TPSA) is 119 Å². The molecular formula is C18H18N2O6. The minimum Gasteiger partial charge on any atom is -0.481 e. The third-order valence-corrected chi connectivity index (χ3v) is 3.59. The molecule has 0 saturated carbocycles. The largest absolute Gasteiger partial charge is 0.481 e. The van der Waals surface area contributed by atoms with Crippen molar-refractivity contribution in [3.8, 4) is 0 Å². The van der Waals surface area contributed by atoms with Crippen molar-refractivity contribution in [1.29, 1.82) is 0 Å². The molecule has 0 spiro atoms. The highest BCUT2D eigenvalue weighted by atomic mass is 16.6. The second kappa shape index (κ2) is 9.16. The van der Waals surface area contributed by atoms with E-state index in [1.54, 1.807) is 12.1 Å². The van der Waals surface area contributed by atoms with Crippen LogP contribution in [0.2, 0.25) is 0 Å². The van der Waals surface area contributed by atoms with Gasteiger partial charge < -0.3 is 15.2 Å². The van der Waals surface area contributed by atoms with Crippen molar-refractivity contribution >= 4 is 17.7 Å². The summed E-state index contributed by atoms with van der Waals surface area (Å²) in [7, 11) is 0. The van der Waals surface area contributed by atoms with Crippen LogP contribution in [0.3, 0.4) is 0 Å². The van der Waals surface area contributed by atoms with E-state index >= 15 is 0 Å². The molecule has 2 rings (SSSR count). The van der Waals surface area contributed by atoms with Crippen molar-refractivity contribution in [3.05, 3.63) is 75.8 Å². The van der Waals surface area contributed by atoms with E-state index < -0.39 is 23.0 Å². The Morgan fingerprint density at radius 3 is 2.31 bits per heavy atom. The molecule has 0 bridgehead atoms. The van der Waals surface area contributed by atoms with Crippen molar-refractivity contribution in [1.82, 2.24) is 5.32 Å². The van der Waals surface area contributed by atoms with Crippen LogP contribution in [0, 0.1) is 10.1 Å². The first-order chi connectivity index (χ1) is 12.4. The number of carboxylic acid groups (broad SMARTS) is 1. The Morgan fingerprint density at radius 2 is 1.73 bits per heavy atom. The highest BCUT2D eigenvalue weighted by Gasteiger charge is 2.18. The lowest BCUT2D eigenvalue weighted by Gasteiger charge is -2.17. The summed E-state index contributed by atoms with van der Waals surface area (Å²) in [6.07, 6.45) is -0.802. The fourth-order valence-electron chi connectivity index (χ4n) is 2.35. The summed E-state index contributed by atoms with van der Waals surface area (Å²) in [5, 5.41) is 22.2. The fourth-order valence-corrected chi connectivity index (χ4v) is 2.35. The molecule has 1 atom stereocenters. The van der Waals surface area contributed by atoms with Crippen LogP contribution in [-0.2, 0) is 22.6 Å². The maximum Gasteiger partial charge on any atom is 0.407 e. The number of amides is 1. The second-order valence-electron chi connectivity index (χ2n) is 5.63. The molecular weight excluding hydrogens is 340 g/mol. The average molecular weight is 358 g/mol. The minimum atomic E-state index is -1.07. The summed E-state index contributed by atoms with van der Waals surface area (Å²) in [6.45, 7) is 0.0734. The Morgan fingerprint density at radius 1 is 1.08 bits per heavy atom. The van der Waals surface area contributed by atoms with E-state index in [1.807, 2.05) is 18.2 Å². The van der Waals surface area contributed by atoms with Gasteiger partial charge in [-0.25, -0.2) is 4.79 Å². The Kier molecular flexibility index (Phi) is 6.67. The Labute approximate surface area is 149 Å². The number of hydrogen-bond donors (Lipinski definition) is 2. The molecule has 0 saturated heterocycles. The standard InChI is InChI=1S/C18H18N2O6/c21-17(22)11-15(10-13-6-8-16(9-7-13)20(24)25)19-18(23)26-12-14-4-2-1-3-5-14/h1-9,15H,10-12H2,(H,19,23)(H,21,22). The molecule has 0 aliphatic rings. The van der Waals surface area contributed by atoms with Crippen LogP contribution in [-0.4, -0.2) is 28.1 Å². The second-order valence-corrected chi connectivity index (χ2v) is 5.63. The normalized spacial score (nSPS) is 11.4. The van der Waals surface area contributed by atoms with E-state index in [2.05, 4.69) is 5.32 Å². The van der Waals surface area contributed by atoms with E-state index in [4.69, 9.17) is 9.84 Å². The third-order valence-electron chi connectivity index (χ3n) is 3.59. The highest BCUT2D eigenvalue weighted by molar-refractivity contribution is 5.71. The number of ether oxygens (including phenoxy) is 1. The smallest absolute Gasteiger partial charge is 0.407 e. The van der Waals surface area contributed by atoms with Crippen molar-refractivity contribution < 1.29 is 24.4 Å². The summed E-state index contributed by atoms with van der Waals surface area (Å²) in [5.74, 6) is -1.07. The molecule has 2 aromatic rings. The van der Waals surface area contributed by atoms with Gasteiger partial charge in [0.2, 0.25) is 0 Å². The molecule has 2 N–H and O–H groups in total. The van der Waals surface area contributed by atoms with Gasteiger partial charge in [0, 0.05) is 18.2 Å². The molecule has 136 valence electrons. The summed E-state index contributed by atoms with van der Waals surface area (Å²) in [4.78, 5) is 33.1. The monoisotopic (exact) mass is 358 g/mol. The van der Waals surface area contributed by atoms with Gasteiger partial charge in [-0.05, 0) is 17.5 Å². The predicted molar refractivity (Wildman–Crippen MR) is 92.6 cm³/mol. The number of hydrogen-bond acceptors (Lipinski definition) is 5. The first kappa shape index (κ1) is 18.9. The van der Waals surface area contributed by atoms with E-state index in [0.717, 1.165) is 5.56 Å². The number of carbonyl (C=O) groups excluding carboxylic acids is 1. The lowest BCUT2D eigenvalue weighted by molar-refractivity contribution is -0.384. The van der Waals surface area contributed by atoms with Crippen molar-refractivity contribution in [3.63, 3.8) is 0 Å². The van der Waals surface area contributed by atoms with E-state index in [0.29, 0.717) is 5.56 Å². The first-order valence-electron chi connectivity index (χ1n) is 7.86. The van der Waals surface area contributed by atoms with Gasteiger partial charge in [-0.1, -0.05) is 42.5 Å². The number of alkyl carbamates (subject to hydrolysis) is 1. The molecule has 0 radical (unpaired) electrons. The van der Waals surface area contributed by atoms with Crippen LogP contribution in [0.4, 0.5) is 10.5 Å². The molecule has 8 heteroatoms. The molecule has 26 heavy (non-hydrogen) atoms. The van der Waals surface area contributed by atoms with Crippen LogP contribution in [0.1, 0.15) is 17.5 Å². The zero-order valence-corrected chi connectivity index (χ0v) is 13.8. The van der Waals surface area contributed by atoms with Crippen LogP contribution in [0.5, 0.6) is 0 Å². The van der Waals surface area contributed by atoms with Gasteiger partial charge in [-0.3, -0.25) is 14.9 Å². The number of nitro groups is 1. The SMILES string of the molecule is O=C(O)CC(Cc1ccc([N+](=O)[O-])cc1)NC(=O)OCc1ccccc1. The minimum absolute atomic E-state index is 0.0567. The van der Waals surface area contributed by atoms with Gasteiger partial charge in [-0.2, -0.15) is 0 Å². The maximum absolute atomic E-state index is 11.9. The number of non-ortho nitro benzene ring substituents is 1. The summed E-state index contributed by atoms with van der Waals surface area (Å²) >= 11 is 0. The lowest BCUT2D eigenvalue weighted by atomic mass is 10.0. The summed E-state index contributed by atoms with van der Waals surface area (Å²) in [5.41, 5.74) is 1.43. The van der Waals surface area contributed by atoms with E-state index in [9.17, 15) is 19.7 Å². The quantitative estimate of drug-likeness (QED) is 0.553. The summed E-state index contributed by atoms with van der Waals surface area (Å²) in [6, 6.07) is 14.1. The average Bonchev–Trinajstić information content (AvgIpc) is 2.60. The highest BCUT2D eigenvalue weighted by Crippen LogP contribution is 2.14. The number of benzene rings is 2. The van der Waals surface area contributed by atoms with Gasteiger partial charge in [0.05, 0.1) is 11.3 Å². The lowest BCUT2D eigenvalue weighted by Crippen LogP contribution is -2.38. The van der Waals surface area contributed by atoms with Crippen LogP contribution in [0.25, 0.3) is 0 Å². The van der Waals surface area contributed by atoms with Gasteiger partial charge in [-0.15, -0.1) is 0 Å². The number of nitrogens with zero attached hydrogens (tertiary/aromatic N) is 1. The third kappa shape index (κ3) is 6.23. The van der Waals surface area contributed by atoms with E-state index in [-0.39, 0.29) is 25.1 Å². The van der Waals surface area contributed by atoms with Gasteiger partial charge in [0.1, 0.15) is 6.61 Å². The Hall–Kier alpha value is -3.42. The van der Waals surface area contributed by atoms with E-state index in [1.165, 1.54) is 24.3 Å². The molecule has 0 aromatic heterocycles. The van der Waals surface area contributed by atoms with Crippen LogP contribution in [0.15, 0.2) is 54.6 Å². The number of nitro benzene ring substituents is 1. The van der Waals surface area contributed by atoms with Gasteiger partial charge >= 0.3 is 12.1 Å². The molecule has 1 unspecified atom stereocenters. The van der Waals surface area contributed by atoms with Crippen molar-refractivity contribution in [2.24, 2.45) is 0 Å². The predicted octanol–water partition coefficient (Wildman–Crippen LogP) is 2.91. The molecule has 0 heterocycles. The van der Waals surface area contributed by atoms with Gasteiger partial charge in [0.25, 0.3) is 5.69 Å².